The molecule has 3 atom stereocenters. The number of nitrogens with zero attached hydrogens (tertiary/aromatic N) is 2. The summed E-state index contributed by atoms with van der Waals surface area (Å²) in [4.78, 5) is 12.4. The topological polar surface area (TPSA) is 34.9 Å². The van der Waals surface area contributed by atoms with E-state index < -0.39 is 0 Å². The van der Waals surface area contributed by atoms with Crippen LogP contribution in [0.1, 0.15) is 50.8 Å². The predicted octanol–water partition coefficient (Wildman–Crippen LogP) is 4.30. The second-order valence-electron chi connectivity index (χ2n) is 7.71. The van der Waals surface area contributed by atoms with Crippen LogP contribution in [-0.2, 0) is 23.7 Å². The van der Waals surface area contributed by atoms with Gasteiger partial charge in [0.25, 0.3) is 0 Å². The molecule has 1 heterocycles. The lowest BCUT2D eigenvalue weighted by Crippen LogP contribution is -2.47. The van der Waals surface area contributed by atoms with Crippen LogP contribution in [0.25, 0.3) is 11.3 Å². The average molecular weight is 322 g/mol. The van der Waals surface area contributed by atoms with E-state index in [2.05, 4.69) is 55.9 Å². The van der Waals surface area contributed by atoms with Crippen LogP contribution in [0.2, 0.25) is 0 Å². The predicted molar refractivity (Wildman–Crippen MR) is 95.8 cm³/mol. The van der Waals surface area contributed by atoms with Gasteiger partial charge in [0.05, 0.1) is 11.4 Å². The number of hydrogen-bond donors (Lipinski definition) is 0. The van der Waals surface area contributed by atoms with Crippen molar-refractivity contribution in [1.82, 2.24) is 9.78 Å². The summed E-state index contributed by atoms with van der Waals surface area (Å²) in [5.74, 6) is 1.15. The number of hydrogen-bond acceptors (Lipinski definition) is 2. The molecule has 1 saturated carbocycles. The molecule has 0 saturated heterocycles. The number of fused-ring (bicyclic) bond motifs is 3. The van der Waals surface area contributed by atoms with E-state index in [9.17, 15) is 4.79 Å². The third-order valence-corrected chi connectivity index (χ3v) is 6.49. The first-order valence-electron chi connectivity index (χ1n) is 9.20. The smallest absolute Gasteiger partial charge is 0.136 e. The summed E-state index contributed by atoms with van der Waals surface area (Å²) in [6.07, 6.45) is 4.77. The zero-order valence-electron chi connectivity index (χ0n) is 14.9. The van der Waals surface area contributed by atoms with Gasteiger partial charge in [-0.1, -0.05) is 44.2 Å². The van der Waals surface area contributed by atoms with Gasteiger partial charge in [-0.15, -0.1) is 0 Å². The van der Waals surface area contributed by atoms with E-state index in [0.29, 0.717) is 18.1 Å². The van der Waals surface area contributed by atoms with Gasteiger partial charge < -0.3 is 0 Å². The van der Waals surface area contributed by atoms with E-state index in [-0.39, 0.29) is 11.3 Å². The van der Waals surface area contributed by atoms with E-state index in [1.807, 2.05) is 0 Å². The Labute approximate surface area is 144 Å². The quantitative estimate of drug-likeness (QED) is 0.826. The zero-order valence-corrected chi connectivity index (χ0v) is 14.9. The molecule has 3 nitrogen and oxygen atoms in total. The summed E-state index contributed by atoms with van der Waals surface area (Å²) in [6, 6.07) is 10.6. The molecule has 1 fully saturated rings. The number of Topliss-reactive ketones (excluding diaryl/α,β-unsaturated/α-hetero) is 1. The highest BCUT2D eigenvalue weighted by molar-refractivity contribution is 5.83. The van der Waals surface area contributed by atoms with Crippen molar-refractivity contribution in [1.29, 1.82) is 0 Å². The SMILES string of the molecule is CC[C@@H]1C(=O)CC[C@]2(C)c3nn(C)c(-c4ccccc4)c3CC[C@@H]12. The first kappa shape index (κ1) is 15.6. The Morgan fingerprint density at radius 2 is 2.00 bits per heavy atom. The van der Waals surface area contributed by atoms with Crippen molar-refractivity contribution in [2.75, 3.05) is 0 Å². The first-order valence-corrected chi connectivity index (χ1v) is 9.20. The molecule has 0 amide bonds. The van der Waals surface area contributed by atoms with Gasteiger partial charge in [-0.3, -0.25) is 9.48 Å². The van der Waals surface area contributed by atoms with Crippen LogP contribution in [0.5, 0.6) is 0 Å². The number of ketones is 1. The molecule has 2 aliphatic carbocycles. The van der Waals surface area contributed by atoms with Crippen LogP contribution in [0.15, 0.2) is 30.3 Å². The Morgan fingerprint density at radius 3 is 2.71 bits per heavy atom. The fraction of sp³-hybridized carbons (Fsp3) is 0.524. The van der Waals surface area contributed by atoms with Crippen LogP contribution in [0.3, 0.4) is 0 Å². The minimum atomic E-state index is 0.0486. The molecule has 3 heteroatoms. The Bertz CT molecular complexity index is 777. The molecule has 0 spiro atoms. The number of aryl methyl sites for hydroxylation is 1. The normalized spacial score (nSPS) is 29.2. The summed E-state index contributed by atoms with van der Waals surface area (Å²) in [6.45, 7) is 4.52. The standard InChI is InChI=1S/C21H26N2O/c1-4-15-17-11-10-16-19(14-8-6-5-7-9-14)23(3)22-20(16)21(17,2)13-12-18(15)24/h5-9,15,17H,4,10-13H2,1-3H3/t15-,17-,21-/m0/s1. The molecule has 1 aromatic heterocycles. The molecule has 4 rings (SSSR count). The highest BCUT2D eigenvalue weighted by atomic mass is 16.1. The summed E-state index contributed by atoms with van der Waals surface area (Å²) in [7, 11) is 2.06. The van der Waals surface area contributed by atoms with Crippen molar-refractivity contribution in [2.24, 2.45) is 18.9 Å². The fourth-order valence-corrected chi connectivity index (χ4v) is 5.27. The summed E-state index contributed by atoms with van der Waals surface area (Å²) in [5.41, 5.74) is 5.22. The van der Waals surface area contributed by atoms with Gasteiger partial charge in [-0.05, 0) is 31.6 Å². The van der Waals surface area contributed by atoms with Crippen molar-refractivity contribution >= 4 is 5.78 Å². The highest BCUT2D eigenvalue weighted by Crippen LogP contribution is 2.52. The number of rotatable bonds is 2. The number of carbonyl (C=O) groups is 1. The minimum Gasteiger partial charge on any atom is -0.299 e. The Morgan fingerprint density at radius 1 is 1.25 bits per heavy atom. The van der Waals surface area contributed by atoms with Crippen LogP contribution < -0.4 is 0 Å². The molecule has 2 aromatic rings. The molecule has 0 radical (unpaired) electrons. The second-order valence-corrected chi connectivity index (χ2v) is 7.71. The molecule has 0 bridgehead atoms. The van der Waals surface area contributed by atoms with Crippen molar-refractivity contribution in [2.45, 2.75) is 51.4 Å². The highest BCUT2D eigenvalue weighted by Gasteiger charge is 2.51. The molecule has 24 heavy (non-hydrogen) atoms. The lowest BCUT2D eigenvalue weighted by molar-refractivity contribution is -0.129. The summed E-state index contributed by atoms with van der Waals surface area (Å²) >= 11 is 0. The number of carbonyl (C=O) groups excluding carboxylic acids is 1. The second kappa shape index (κ2) is 5.58. The molecule has 0 aliphatic heterocycles. The maximum Gasteiger partial charge on any atom is 0.136 e. The first-order chi connectivity index (χ1) is 11.6. The van der Waals surface area contributed by atoms with Crippen LogP contribution in [0.4, 0.5) is 0 Å². The van der Waals surface area contributed by atoms with Crippen LogP contribution >= 0.6 is 0 Å². The molecular formula is C21H26N2O. The lowest BCUT2D eigenvalue weighted by Gasteiger charge is -2.47. The Hall–Kier alpha value is -1.90. The van der Waals surface area contributed by atoms with Crippen molar-refractivity contribution in [3.63, 3.8) is 0 Å². The van der Waals surface area contributed by atoms with Crippen LogP contribution in [0, 0.1) is 11.8 Å². The van der Waals surface area contributed by atoms with Crippen molar-refractivity contribution in [3.8, 4) is 11.3 Å². The maximum atomic E-state index is 12.4. The average Bonchev–Trinajstić information content (AvgIpc) is 2.94. The van der Waals surface area contributed by atoms with E-state index in [1.54, 1.807) is 0 Å². The zero-order chi connectivity index (χ0) is 16.9. The maximum absolute atomic E-state index is 12.4. The number of aromatic nitrogens is 2. The largest absolute Gasteiger partial charge is 0.299 e. The summed E-state index contributed by atoms with van der Waals surface area (Å²) in [5, 5.41) is 4.98. The van der Waals surface area contributed by atoms with Gasteiger partial charge in [0, 0.05) is 35.9 Å². The number of benzene rings is 1. The molecule has 0 unspecified atom stereocenters. The van der Waals surface area contributed by atoms with Gasteiger partial charge in [0.15, 0.2) is 0 Å². The lowest BCUT2D eigenvalue weighted by atomic mass is 9.55. The van der Waals surface area contributed by atoms with Gasteiger partial charge in [0.1, 0.15) is 5.78 Å². The monoisotopic (exact) mass is 322 g/mol. The van der Waals surface area contributed by atoms with E-state index in [1.165, 1.54) is 22.5 Å². The Balaban J connectivity index is 1.84. The van der Waals surface area contributed by atoms with E-state index in [0.717, 1.165) is 25.7 Å². The molecule has 126 valence electrons. The van der Waals surface area contributed by atoms with Gasteiger partial charge in [0.2, 0.25) is 0 Å². The minimum absolute atomic E-state index is 0.0486. The Kier molecular flexibility index (Phi) is 3.63. The third-order valence-electron chi connectivity index (χ3n) is 6.49. The van der Waals surface area contributed by atoms with Crippen LogP contribution in [-0.4, -0.2) is 15.6 Å². The van der Waals surface area contributed by atoms with Crippen molar-refractivity contribution < 1.29 is 4.79 Å². The fourth-order valence-electron chi connectivity index (χ4n) is 5.27. The van der Waals surface area contributed by atoms with Gasteiger partial charge >= 0.3 is 0 Å². The van der Waals surface area contributed by atoms with Crippen molar-refractivity contribution in [3.05, 3.63) is 41.6 Å². The third kappa shape index (κ3) is 2.10. The van der Waals surface area contributed by atoms with E-state index in [4.69, 9.17) is 5.10 Å². The van der Waals surface area contributed by atoms with Gasteiger partial charge in [-0.2, -0.15) is 5.10 Å². The molecule has 1 aromatic carbocycles. The molecule has 2 aliphatic rings. The molecule has 0 N–H and O–H groups in total. The van der Waals surface area contributed by atoms with E-state index >= 15 is 0 Å². The molecular weight excluding hydrogens is 296 g/mol. The van der Waals surface area contributed by atoms with Gasteiger partial charge in [-0.25, -0.2) is 0 Å². The summed E-state index contributed by atoms with van der Waals surface area (Å²) < 4.78 is 2.06.